The van der Waals surface area contributed by atoms with Gasteiger partial charge in [0.15, 0.2) is 5.60 Å². The van der Waals surface area contributed by atoms with Crippen LogP contribution in [0.15, 0.2) is 24.3 Å². The molecule has 0 spiro atoms. The zero-order valence-electron chi connectivity index (χ0n) is 11.8. The summed E-state index contributed by atoms with van der Waals surface area (Å²) < 4.78 is 5.55. The lowest BCUT2D eigenvalue weighted by molar-refractivity contribution is -0.145. The number of rotatable bonds is 7. The van der Waals surface area contributed by atoms with Crippen LogP contribution in [0.5, 0.6) is 5.75 Å². The summed E-state index contributed by atoms with van der Waals surface area (Å²) in [4.78, 5) is 23.1. The van der Waals surface area contributed by atoms with Crippen molar-refractivity contribution in [1.82, 2.24) is 5.32 Å². The third-order valence-corrected chi connectivity index (χ3v) is 3.01. The highest BCUT2D eigenvalue weighted by Crippen LogP contribution is 2.21. The predicted octanol–water partition coefficient (Wildman–Crippen LogP) is 1.45. The predicted molar refractivity (Wildman–Crippen MR) is 77.4 cm³/mol. The van der Waals surface area contributed by atoms with Gasteiger partial charge in [-0.05, 0) is 38.1 Å². The monoisotopic (exact) mass is 315 g/mol. The number of nitrogens with one attached hydrogen (secondary N) is 1. The number of hydrogen-bond acceptors (Lipinski definition) is 4. The molecule has 0 aliphatic heterocycles. The average Bonchev–Trinajstić information content (AvgIpc) is 2.40. The second-order valence-electron chi connectivity index (χ2n) is 4.94. The maximum atomic E-state index is 12.1. The molecule has 0 bridgehead atoms. The fourth-order valence-electron chi connectivity index (χ4n) is 1.56. The lowest BCUT2D eigenvalue weighted by atomic mass is 10.1. The fourth-order valence-corrected chi connectivity index (χ4v) is 1.69. The first-order valence-electron chi connectivity index (χ1n) is 6.35. The van der Waals surface area contributed by atoms with E-state index in [9.17, 15) is 9.59 Å². The van der Waals surface area contributed by atoms with Crippen LogP contribution in [0, 0.1) is 0 Å². The molecule has 1 aromatic carbocycles. The average molecular weight is 316 g/mol. The van der Waals surface area contributed by atoms with Crippen molar-refractivity contribution >= 4 is 23.5 Å². The van der Waals surface area contributed by atoms with Crippen molar-refractivity contribution in [2.75, 3.05) is 6.61 Å². The zero-order valence-corrected chi connectivity index (χ0v) is 12.6. The quantitative estimate of drug-likeness (QED) is 0.707. The summed E-state index contributed by atoms with van der Waals surface area (Å²) in [5, 5.41) is 20.6. The van der Waals surface area contributed by atoms with Gasteiger partial charge in [-0.25, -0.2) is 4.79 Å². The molecule has 0 aliphatic carbocycles. The van der Waals surface area contributed by atoms with E-state index in [-0.39, 0.29) is 13.0 Å². The summed E-state index contributed by atoms with van der Waals surface area (Å²) in [6, 6.07) is 5.31. The van der Waals surface area contributed by atoms with Crippen molar-refractivity contribution in [3.05, 3.63) is 29.3 Å². The second kappa shape index (κ2) is 7.28. The molecule has 116 valence electrons. The van der Waals surface area contributed by atoms with Gasteiger partial charge in [-0.15, -0.1) is 0 Å². The molecule has 1 rings (SSSR count). The van der Waals surface area contributed by atoms with Crippen molar-refractivity contribution in [3.8, 4) is 5.75 Å². The van der Waals surface area contributed by atoms with Gasteiger partial charge in [0.2, 0.25) is 0 Å². The number of amides is 1. The van der Waals surface area contributed by atoms with E-state index in [0.717, 1.165) is 0 Å². The maximum absolute atomic E-state index is 12.1. The van der Waals surface area contributed by atoms with Gasteiger partial charge >= 0.3 is 5.97 Å². The van der Waals surface area contributed by atoms with Crippen LogP contribution in [0.2, 0.25) is 5.02 Å². The maximum Gasteiger partial charge on any atom is 0.326 e. The molecule has 0 aliphatic rings. The van der Waals surface area contributed by atoms with Crippen molar-refractivity contribution in [2.24, 2.45) is 0 Å². The molecule has 0 saturated carbocycles. The van der Waals surface area contributed by atoms with Crippen LogP contribution in [0.25, 0.3) is 0 Å². The Labute approximate surface area is 127 Å². The molecular weight excluding hydrogens is 298 g/mol. The summed E-state index contributed by atoms with van der Waals surface area (Å²) in [5.41, 5.74) is -1.27. The molecule has 21 heavy (non-hydrogen) atoms. The van der Waals surface area contributed by atoms with Gasteiger partial charge in [-0.3, -0.25) is 4.79 Å². The number of benzene rings is 1. The first kappa shape index (κ1) is 17.3. The molecule has 6 nitrogen and oxygen atoms in total. The number of aliphatic hydroxyl groups excluding tert-OH is 1. The third kappa shape index (κ3) is 5.24. The number of carboxylic acid groups (broad SMARTS) is 1. The van der Waals surface area contributed by atoms with E-state index < -0.39 is 23.5 Å². The highest BCUT2D eigenvalue weighted by atomic mass is 35.5. The Morgan fingerprint density at radius 2 is 1.90 bits per heavy atom. The van der Waals surface area contributed by atoms with Gasteiger partial charge < -0.3 is 20.3 Å². The minimum absolute atomic E-state index is 0.0713. The van der Waals surface area contributed by atoms with Crippen molar-refractivity contribution in [3.63, 3.8) is 0 Å². The van der Waals surface area contributed by atoms with Crippen LogP contribution in [0.4, 0.5) is 0 Å². The topological polar surface area (TPSA) is 95.9 Å². The van der Waals surface area contributed by atoms with Crippen LogP contribution in [0.3, 0.4) is 0 Å². The van der Waals surface area contributed by atoms with Gasteiger partial charge in [0.05, 0.1) is 0 Å². The number of ether oxygens (including phenoxy) is 1. The highest BCUT2D eigenvalue weighted by Gasteiger charge is 2.33. The standard InChI is InChI=1S/C14H18ClNO5/c1-14(2,21-10-5-3-9(15)4-6-10)13(20)16-11(7-8-17)12(18)19/h3-6,11,17H,7-8H2,1-2H3,(H,16,20)(H,18,19). The number of aliphatic carboxylic acids is 1. The van der Waals surface area contributed by atoms with Crippen molar-refractivity contribution in [1.29, 1.82) is 0 Å². The normalized spacial score (nSPS) is 12.6. The van der Waals surface area contributed by atoms with Gasteiger partial charge in [0.1, 0.15) is 11.8 Å². The number of aliphatic hydroxyl groups is 1. The van der Waals surface area contributed by atoms with E-state index in [4.69, 9.17) is 26.6 Å². The first-order chi connectivity index (χ1) is 9.76. The second-order valence-corrected chi connectivity index (χ2v) is 5.38. The zero-order chi connectivity index (χ0) is 16.0. The smallest absolute Gasteiger partial charge is 0.326 e. The Morgan fingerprint density at radius 1 is 1.33 bits per heavy atom. The molecule has 0 aromatic heterocycles. The number of hydrogen-bond donors (Lipinski definition) is 3. The molecule has 0 saturated heterocycles. The SMILES string of the molecule is CC(C)(Oc1ccc(Cl)cc1)C(=O)NC(CCO)C(=O)O. The third-order valence-electron chi connectivity index (χ3n) is 2.75. The minimum atomic E-state index is -1.27. The highest BCUT2D eigenvalue weighted by molar-refractivity contribution is 6.30. The molecule has 0 heterocycles. The van der Waals surface area contributed by atoms with Crippen LogP contribution >= 0.6 is 11.6 Å². The van der Waals surface area contributed by atoms with Crippen LogP contribution in [0.1, 0.15) is 20.3 Å². The Balaban J connectivity index is 2.74. The van der Waals surface area contributed by atoms with Crippen molar-refractivity contribution < 1.29 is 24.5 Å². The molecular formula is C14H18ClNO5. The van der Waals surface area contributed by atoms with E-state index in [1.165, 1.54) is 13.8 Å². The lowest BCUT2D eigenvalue weighted by Crippen LogP contribution is -2.52. The van der Waals surface area contributed by atoms with E-state index in [0.29, 0.717) is 10.8 Å². The van der Waals surface area contributed by atoms with E-state index in [1.807, 2.05) is 0 Å². The number of halogens is 1. The Hall–Kier alpha value is -1.79. The van der Waals surface area contributed by atoms with Crippen LogP contribution < -0.4 is 10.1 Å². The summed E-state index contributed by atoms with van der Waals surface area (Å²) >= 11 is 5.76. The number of carbonyl (C=O) groups is 2. The summed E-state index contributed by atoms with van der Waals surface area (Å²) in [6.07, 6.45) is -0.0713. The van der Waals surface area contributed by atoms with E-state index in [2.05, 4.69) is 5.32 Å². The molecule has 1 aromatic rings. The first-order valence-corrected chi connectivity index (χ1v) is 6.73. The summed E-state index contributed by atoms with van der Waals surface area (Å²) in [5.74, 6) is -1.36. The largest absolute Gasteiger partial charge is 0.480 e. The van der Waals surface area contributed by atoms with Gasteiger partial charge in [0.25, 0.3) is 5.91 Å². The van der Waals surface area contributed by atoms with Gasteiger partial charge in [-0.1, -0.05) is 11.6 Å². The summed E-state index contributed by atoms with van der Waals surface area (Å²) in [6.45, 7) is 2.71. The number of carbonyl (C=O) groups excluding carboxylic acids is 1. The van der Waals surface area contributed by atoms with Gasteiger partial charge in [0, 0.05) is 18.1 Å². The molecule has 1 amide bonds. The molecule has 1 unspecified atom stereocenters. The molecule has 7 heteroatoms. The summed E-state index contributed by atoms with van der Waals surface area (Å²) in [7, 11) is 0. The van der Waals surface area contributed by atoms with Crippen molar-refractivity contribution in [2.45, 2.75) is 31.9 Å². The van der Waals surface area contributed by atoms with Crippen LogP contribution in [-0.2, 0) is 9.59 Å². The van der Waals surface area contributed by atoms with E-state index in [1.54, 1.807) is 24.3 Å². The Morgan fingerprint density at radius 3 is 2.38 bits per heavy atom. The molecule has 0 fully saturated rings. The fraction of sp³-hybridized carbons (Fsp3) is 0.429. The van der Waals surface area contributed by atoms with Crippen LogP contribution in [-0.4, -0.2) is 40.3 Å². The molecule has 0 radical (unpaired) electrons. The van der Waals surface area contributed by atoms with Gasteiger partial charge in [-0.2, -0.15) is 0 Å². The minimum Gasteiger partial charge on any atom is -0.480 e. The Kier molecular flexibility index (Phi) is 5.99. The van der Waals surface area contributed by atoms with E-state index >= 15 is 0 Å². The molecule has 1 atom stereocenters. The lowest BCUT2D eigenvalue weighted by Gasteiger charge is -2.27. The Bertz CT molecular complexity index is 501. The number of carboxylic acids is 1. The molecule has 3 N–H and O–H groups in total.